The van der Waals surface area contributed by atoms with Gasteiger partial charge in [0.15, 0.2) is 5.69 Å². The molecule has 0 aliphatic heterocycles. The Morgan fingerprint density at radius 2 is 2.27 bits per heavy atom. The van der Waals surface area contributed by atoms with Crippen molar-refractivity contribution in [3.05, 3.63) is 22.4 Å². The lowest BCUT2D eigenvalue weighted by atomic mass is 10.3. The summed E-state index contributed by atoms with van der Waals surface area (Å²) in [5.41, 5.74) is 1.01. The molecule has 0 spiro atoms. The van der Waals surface area contributed by atoms with Crippen LogP contribution in [-0.2, 0) is 4.74 Å². The lowest BCUT2D eigenvalue weighted by Crippen LogP contribution is -2.11. The predicted molar refractivity (Wildman–Crippen MR) is 62.1 cm³/mol. The molecule has 0 aromatic carbocycles. The van der Waals surface area contributed by atoms with Crippen molar-refractivity contribution in [2.45, 2.75) is 13.8 Å². The number of hydrogen-bond donors (Lipinski definition) is 1. The molecular weight excluding hydrogens is 260 g/mol. The van der Waals surface area contributed by atoms with E-state index in [1.807, 2.05) is 6.92 Å². The first kappa shape index (κ1) is 12.0. The van der Waals surface area contributed by atoms with E-state index < -0.39 is 5.97 Å². The van der Waals surface area contributed by atoms with Crippen LogP contribution >= 0.6 is 15.9 Å². The smallest absolute Gasteiger partial charge is 0.359 e. The number of nitrogens with one attached hydrogen (secondary N) is 1. The Kier molecular flexibility index (Phi) is 4.55. The number of anilines is 1. The van der Waals surface area contributed by atoms with Crippen molar-refractivity contribution in [3.8, 4) is 0 Å². The molecule has 1 aromatic rings. The number of nitrogens with zero attached hydrogens (tertiary/aromatic N) is 1. The van der Waals surface area contributed by atoms with E-state index in [0.717, 1.165) is 6.54 Å². The fourth-order valence-electron chi connectivity index (χ4n) is 1.12. The van der Waals surface area contributed by atoms with Crippen molar-refractivity contribution in [2.75, 3.05) is 18.5 Å². The number of halogens is 1. The predicted octanol–water partition coefficient (Wildman–Crippen LogP) is 2.45. The Bertz CT molecular complexity index is 355. The molecule has 0 fully saturated rings. The van der Waals surface area contributed by atoms with Gasteiger partial charge in [-0.15, -0.1) is 0 Å². The highest BCUT2D eigenvalue weighted by Crippen LogP contribution is 2.17. The second-order valence-electron chi connectivity index (χ2n) is 2.78. The van der Waals surface area contributed by atoms with Gasteiger partial charge in [0.2, 0.25) is 0 Å². The first-order valence-electron chi connectivity index (χ1n) is 4.76. The number of pyridine rings is 1. The highest BCUT2D eigenvalue weighted by molar-refractivity contribution is 9.10. The van der Waals surface area contributed by atoms with Crippen LogP contribution < -0.4 is 5.32 Å². The van der Waals surface area contributed by atoms with Crippen molar-refractivity contribution < 1.29 is 9.53 Å². The zero-order valence-corrected chi connectivity index (χ0v) is 10.3. The molecule has 4 nitrogen and oxygen atoms in total. The summed E-state index contributed by atoms with van der Waals surface area (Å²) in [7, 11) is 0. The van der Waals surface area contributed by atoms with Crippen LogP contribution in [-0.4, -0.2) is 24.1 Å². The standard InChI is InChI=1S/C10H13BrN2O2/c1-3-12-7-5-6-8(11)13-9(7)10(14)15-4-2/h5-6,12H,3-4H2,1-2H3. The van der Waals surface area contributed by atoms with Crippen LogP contribution in [0.25, 0.3) is 0 Å². The molecule has 1 aromatic heterocycles. The van der Waals surface area contributed by atoms with Gasteiger partial charge in [-0.3, -0.25) is 0 Å². The summed E-state index contributed by atoms with van der Waals surface area (Å²) in [6, 6.07) is 3.58. The molecule has 0 amide bonds. The average molecular weight is 273 g/mol. The Labute approximate surface area is 97.2 Å². The van der Waals surface area contributed by atoms with Crippen molar-refractivity contribution >= 4 is 27.6 Å². The molecule has 1 N–H and O–H groups in total. The van der Waals surface area contributed by atoms with E-state index in [-0.39, 0.29) is 0 Å². The van der Waals surface area contributed by atoms with Crippen LogP contribution in [0.15, 0.2) is 16.7 Å². The summed E-state index contributed by atoms with van der Waals surface area (Å²) in [5.74, 6) is -0.408. The molecule has 0 saturated heterocycles. The van der Waals surface area contributed by atoms with E-state index in [1.165, 1.54) is 0 Å². The average Bonchev–Trinajstić information content (AvgIpc) is 2.21. The largest absolute Gasteiger partial charge is 0.461 e. The van der Waals surface area contributed by atoms with E-state index >= 15 is 0 Å². The monoisotopic (exact) mass is 272 g/mol. The molecule has 0 aliphatic rings. The quantitative estimate of drug-likeness (QED) is 0.676. The second-order valence-corrected chi connectivity index (χ2v) is 3.59. The molecule has 0 unspecified atom stereocenters. The minimum absolute atomic E-state index is 0.313. The third-order valence-electron chi connectivity index (χ3n) is 1.70. The van der Waals surface area contributed by atoms with Gasteiger partial charge in [0, 0.05) is 6.54 Å². The molecular formula is C10H13BrN2O2. The van der Waals surface area contributed by atoms with Gasteiger partial charge in [-0.25, -0.2) is 9.78 Å². The van der Waals surface area contributed by atoms with Crippen molar-refractivity contribution in [2.24, 2.45) is 0 Å². The third kappa shape index (κ3) is 3.20. The topological polar surface area (TPSA) is 51.2 Å². The maximum atomic E-state index is 11.5. The Morgan fingerprint density at radius 3 is 2.87 bits per heavy atom. The number of rotatable bonds is 4. The normalized spacial score (nSPS) is 9.80. The molecule has 15 heavy (non-hydrogen) atoms. The fourth-order valence-corrected chi connectivity index (χ4v) is 1.43. The fraction of sp³-hybridized carbons (Fsp3) is 0.400. The van der Waals surface area contributed by atoms with Gasteiger partial charge in [0.25, 0.3) is 0 Å². The second kappa shape index (κ2) is 5.70. The number of carbonyl (C=O) groups is 1. The van der Waals surface area contributed by atoms with Gasteiger partial charge in [0.05, 0.1) is 12.3 Å². The van der Waals surface area contributed by atoms with Crippen LogP contribution in [0.2, 0.25) is 0 Å². The molecule has 1 heterocycles. The number of carbonyl (C=O) groups excluding carboxylic acids is 1. The number of hydrogen-bond acceptors (Lipinski definition) is 4. The summed E-state index contributed by atoms with van der Waals surface area (Å²) in [6.45, 7) is 4.80. The lowest BCUT2D eigenvalue weighted by molar-refractivity contribution is 0.0520. The van der Waals surface area contributed by atoms with Gasteiger partial charge in [-0.05, 0) is 41.9 Å². The van der Waals surface area contributed by atoms with Crippen molar-refractivity contribution in [1.82, 2.24) is 4.98 Å². The van der Waals surface area contributed by atoms with Crippen molar-refractivity contribution in [1.29, 1.82) is 0 Å². The molecule has 5 heteroatoms. The van der Waals surface area contributed by atoms with Crippen molar-refractivity contribution in [3.63, 3.8) is 0 Å². The highest BCUT2D eigenvalue weighted by atomic mass is 79.9. The first-order valence-corrected chi connectivity index (χ1v) is 5.55. The maximum absolute atomic E-state index is 11.5. The van der Waals surface area contributed by atoms with Gasteiger partial charge in [-0.2, -0.15) is 0 Å². The van der Waals surface area contributed by atoms with Crippen LogP contribution in [0.3, 0.4) is 0 Å². The van der Waals surface area contributed by atoms with Crippen LogP contribution in [0.1, 0.15) is 24.3 Å². The van der Waals surface area contributed by atoms with E-state index in [0.29, 0.717) is 22.6 Å². The van der Waals surface area contributed by atoms with E-state index in [4.69, 9.17) is 4.74 Å². The van der Waals surface area contributed by atoms with Crippen LogP contribution in [0.5, 0.6) is 0 Å². The van der Waals surface area contributed by atoms with E-state index in [9.17, 15) is 4.79 Å². The SMILES string of the molecule is CCNc1ccc(Br)nc1C(=O)OCC. The summed E-state index contributed by atoms with van der Waals surface area (Å²) in [5, 5.41) is 3.06. The van der Waals surface area contributed by atoms with Crippen LogP contribution in [0.4, 0.5) is 5.69 Å². The molecule has 0 aliphatic carbocycles. The summed E-state index contributed by atoms with van der Waals surface area (Å²) in [4.78, 5) is 15.6. The molecule has 0 bridgehead atoms. The minimum atomic E-state index is -0.408. The number of ether oxygens (including phenoxy) is 1. The molecule has 1 rings (SSSR count). The molecule has 0 atom stereocenters. The molecule has 0 saturated carbocycles. The Balaban J connectivity index is 3.00. The van der Waals surface area contributed by atoms with E-state index in [2.05, 4.69) is 26.2 Å². The summed E-state index contributed by atoms with van der Waals surface area (Å²) in [6.07, 6.45) is 0. The zero-order valence-electron chi connectivity index (χ0n) is 8.71. The summed E-state index contributed by atoms with van der Waals surface area (Å²) >= 11 is 3.22. The molecule has 82 valence electrons. The van der Waals surface area contributed by atoms with Gasteiger partial charge in [-0.1, -0.05) is 0 Å². The minimum Gasteiger partial charge on any atom is -0.461 e. The van der Waals surface area contributed by atoms with Crippen LogP contribution in [0, 0.1) is 0 Å². The first-order chi connectivity index (χ1) is 7.19. The lowest BCUT2D eigenvalue weighted by Gasteiger charge is -2.08. The third-order valence-corrected chi connectivity index (χ3v) is 2.14. The Hall–Kier alpha value is -1.10. The Morgan fingerprint density at radius 1 is 1.53 bits per heavy atom. The number of esters is 1. The van der Waals surface area contributed by atoms with Gasteiger partial charge < -0.3 is 10.1 Å². The zero-order chi connectivity index (χ0) is 11.3. The van der Waals surface area contributed by atoms with Gasteiger partial charge >= 0.3 is 5.97 Å². The molecule has 0 radical (unpaired) electrons. The maximum Gasteiger partial charge on any atom is 0.359 e. The number of aromatic nitrogens is 1. The van der Waals surface area contributed by atoms with Gasteiger partial charge in [0.1, 0.15) is 4.60 Å². The summed E-state index contributed by atoms with van der Waals surface area (Å²) < 4.78 is 5.53. The van der Waals surface area contributed by atoms with E-state index in [1.54, 1.807) is 19.1 Å². The highest BCUT2D eigenvalue weighted by Gasteiger charge is 2.14.